The minimum Gasteiger partial charge on any atom is -0.226 e. The Labute approximate surface area is 52.1 Å². The van der Waals surface area contributed by atoms with Gasteiger partial charge in [0.1, 0.15) is 0 Å². The zero-order valence-electron chi connectivity index (χ0n) is 4.61. The summed E-state index contributed by atoms with van der Waals surface area (Å²) in [6.45, 7) is 4.21. The Balaban J connectivity index is 3.14. The van der Waals surface area contributed by atoms with Gasteiger partial charge in [0.2, 0.25) is 0 Å². The van der Waals surface area contributed by atoms with Gasteiger partial charge < -0.3 is 0 Å². The minimum atomic E-state index is 0.335. The van der Waals surface area contributed by atoms with Gasteiger partial charge in [-0.25, -0.2) is 4.84 Å². The molecule has 0 amide bonds. The van der Waals surface area contributed by atoms with E-state index in [9.17, 15) is 0 Å². The number of hydrogen-bond acceptors (Lipinski definition) is 1. The molecule has 7 heavy (non-hydrogen) atoms. The van der Waals surface area contributed by atoms with Crippen LogP contribution in [0.1, 0.15) is 13.8 Å². The predicted molar refractivity (Wildman–Crippen MR) is 37.3 cm³/mol. The lowest BCUT2D eigenvalue weighted by Gasteiger charge is -2.10. The second-order valence-corrected chi connectivity index (χ2v) is 2.82. The lowest BCUT2D eigenvalue weighted by atomic mass is 10.2. The first-order valence-corrected chi connectivity index (χ1v) is 3.34. The third-order valence-corrected chi connectivity index (χ3v) is 2.24. The molecule has 1 nitrogen and oxygen atoms in total. The lowest BCUT2D eigenvalue weighted by Crippen LogP contribution is -2.18. The smallest absolute Gasteiger partial charge is 0.0383 e. The average Bonchev–Trinajstić information content (AvgIpc) is 1.65. The highest BCUT2D eigenvalue weighted by Gasteiger charge is 2.01. The van der Waals surface area contributed by atoms with Crippen LogP contribution in [0.2, 0.25) is 0 Å². The first-order valence-electron chi connectivity index (χ1n) is 2.30. The summed E-state index contributed by atoms with van der Waals surface area (Å²) >= 11 is 5.28. The monoisotopic (exact) mass is 139 g/mol. The van der Waals surface area contributed by atoms with Gasteiger partial charge in [-0.15, -0.1) is 9.24 Å². The van der Waals surface area contributed by atoms with Crippen LogP contribution in [-0.2, 0) is 0 Å². The van der Waals surface area contributed by atoms with Crippen molar-refractivity contribution in [3.05, 3.63) is 0 Å². The van der Waals surface area contributed by atoms with Crippen molar-refractivity contribution in [1.29, 1.82) is 0 Å². The van der Waals surface area contributed by atoms with E-state index in [0.29, 0.717) is 11.7 Å². The molecule has 0 heterocycles. The van der Waals surface area contributed by atoms with Crippen molar-refractivity contribution in [3.63, 3.8) is 0 Å². The Kier molecular flexibility index (Phi) is 4.01. The fourth-order valence-electron chi connectivity index (χ4n) is 0.126. The fraction of sp³-hybridized carbons (Fsp3) is 1.00. The van der Waals surface area contributed by atoms with Crippen LogP contribution in [0, 0.1) is 5.92 Å². The molecule has 44 valence electrons. The molecule has 2 unspecified atom stereocenters. The minimum absolute atomic E-state index is 0.335. The summed E-state index contributed by atoms with van der Waals surface area (Å²) in [7, 11) is 2.61. The van der Waals surface area contributed by atoms with E-state index < -0.39 is 0 Å². The number of nitrogens with one attached hydrogen (secondary N) is 1. The highest BCUT2D eigenvalue weighted by atomic mass is 35.5. The van der Waals surface area contributed by atoms with Gasteiger partial charge in [0.05, 0.1) is 0 Å². The molecule has 0 saturated heterocycles. The Morgan fingerprint density at radius 2 is 2.00 bits per heavy atom. The molecule has 0 aliphatic heterocycles. The van der Waals surface area contributed by atoms with Gasteiger partial charge >= 0.3 is 0 Å². The molecule has 0 aliphatic rings. The van der Waals surface area contributed by atoms with Gasteiger partial charge in [0.25, 0.3) is 0 Å². The van der Waals surface area contributed by atoms with Crippen LogP contribution in [0.4, 0.5) is 0 Å². The van der Waals surface area contributed by atoms with Crippen molar-refractivity contribution in [2.75, 3.05) is 0 Å². The molecule has 0 bridgehead atoms. The van der Waals surface area contributed by atoms with Crippen molar-refractivity contribution in [3.8, 4) is 0 Å². The van der Waals surface area contributed by atoms with Gasteiger partial charge in [0, 0.05) is 5.78 Å². The van der Waals surface area contributed by atoms with Gasteiger partial charge in [-0.05, 0) is 17.7 Å². The van der Waals surface area contributed by atoms with Crippen LogP contribution in [0.5, 0.6) is 0 Å². The maximum Gasteiger partial charge on any atom is 0.0383 e. The standard InChI is InChI=1S/C4H11ClNP/c1-3(2)4(7)6-5/h3-4,6H,7H2,1-2H3. The molecule has 0 aliphatic carbocycles. The van der Waals surface area contributed by atoms with Crippen molar-refractivity contribution in [1.82, 2.24) is 4.84 Å². The number of hydrogen-bond donors (Lipinski definition) is 1. The topological polar surface area (TPSA) is 12.0 Å². The Hall–Kier alpha value is 0.680. The Morgan fingerprint density at radius 3 is 2.00 bits per heavy atom. The number of rotatable bonds is 2. The maximum absolute atomic E-state index is 5.28. The molecule has 0 saturated carbocycles. The van der Waals surface area contributed by atoms with Crippen LogP contribution < -0.4 is 4.84 Å². The van der Waals surface area contributed by atoms with Crippen molar-refractivity contribution < 1.29 is 0 Å². The van der Waals surface area contributed by atoms with Crippen molar-refractivity contribution >= 4 is 21.0 Å². The zero-order chi connectivity index (χ0) is 5.86. The van der Waals surface area contributed by atoms with Crippen LogP contribution >= 0.6 is 21.0 Å². The fourth-order valence-corrected chi connectivity index (χ4v) is 0.378. The summed E-state index contributed by atoms with van der Waals surface area (Å²) in [5.41, 5.74) is 0. The first kappa shape index (κ1) is 7.68. The molecule has 0 aromatic rings. The molecule has 2 atom stereocenters. The lowest BCUT2D eigenvalue weighted by molar-refractivity contribution is 0.594. The summed E-state index contributed by atoms with van der Waals surface area (Å²) in [6.07, 6.45) is 0. The normalized spacial score (nSPS) is 15.0. The molecule has 0 spiro atoms. The van der Waals surface area contributed by atoms with E-state index in [4.69, 9.17) is 11.8 Å². The van der Waals surface area contributed by atoms with E-state index in [0.717, 1.165) is 0 Å². The van der Waals surface area contributed by atoms with Gasteiger partial charge in [-0.2, -0.15) is 0 Å². The summed E-state index contributed by atoms with van der Waals surface area (Å²) in [5, 5.41) is 0. The quantitative estimate of drug-likeness (QED) is 0.453. The van der Waals surface area contributed by atoms with E-state index >= 15 is 0 Å². The molecular weight excluding hydrogens is 128 g/mol. The van der Waals surface area contributed by atoms with E-state index in [1.54, 1.807) is 0 Å². The highest BCUT2D eigenvalue weighted by Crippen LogP contribution is 2.08. The van der Waals surface area contributed by atoms with Crippen molar-refractivity contribution in [2.24, 2.45) is 5.92 Å². The van der Waals surface area contributed by atoms with Crippen LogP contribution in [0.15, 0.2) is 0 Å². The molecule has 1 N–H and O–H groups in total. The van der Waals surface area contributed by atoms with Crippen LogP contribution in [0.25, 0.3) is 0 Å². The zero-order valence-corrected chi connectivity index (χ0v) is 6.52. The summed E-state index contributed by atoms with van der Waals surface area (Å²) < 4.78 is 0. The van der Waals surface area contributed by atoms with Crippen LogP contribution in [-0.4, -0.2) is 5.78 Å². The Morgan fingerprint density at radius 1 is 1.57 bits per heavy atom. The maximum atomic E-state index is 5.28. The Bertz CT molecular complexity index is 49.0. The molecule has 3 heteroatoms. The van der Waals surface area contributed by atoms with Gasteiger partial charge in [-0.3, -0.25) is 0 Å². The molecule has 0 aromatic carbocycles. The molecule has 0 aromatic heterocycles. The summed E-state index contributed by atoms with van der Waals surface area (Å²) in [6, 6.07) is 0. The van der Waals surface area contributed by atoms with Gasteiger partial charge in [-0.1, -0.05) is 13.8 Å². The van der Waals surface area contributed by atoms with E-state index in [2.05, 4.69) is 27.9 Å². The van der Waals surface area contributed by atoms with E-state index in [1.807, 2.05) is 0 Å². The SMILES string of the molecule is CC(C)C(P)NCl. The number of halogens is 1. The second kappa shape index (κ2) is 3.65. The third-order valence-electron chi connectivity index (χ3n) is 0.844. The summed E-state index contributed by atoms with van der Waals surface area (Å²) in [5.74, 6) is 0.921. The van der Waals surface area contributed by atoms with Crippen LogP contribution in [0.3, 0.4) is 0 Å². The average molecular weight is 140 g/mol. The predicted octanol–water partition coefficient (Wildman–Crippen LogP) is 1.59. The van der Waals surface area contributed by atoms with E-state index in [1.165, 1.54) is 0 Å². The highest BCUT2D eigenvalue weighted by molar-refractivity contribution is 7.17. The first-order chi connectivity index (χ1) is 3.18. The van der Waals surface area contributed by atoms with Gasteiger partial charge in [0.15, 0.2) is 0 Å². The molecule has 0 radical (unpaired) electrons. The molecular formula is C4H11ClNP. The molecule has 0 rings (SSSR count). The van der Waals surface area contributed by atoms with E-state index in [-0.39, 0.29) is 0 Å². The third kappa shape index (κ3) is 3.28. The van der Waals surface area contributed by atoms with Crippen molar-refractivity contribution in [2.45, 2.75) is 19.6 Å². The summed E-state index contributed by atoms with van der Waals surface area (Å²) in [4.78, 5) is 2.60. The molecule has 0 fully saturated rings. The largest absolute Gasteiger partial charge is 0.226 e. The second-order valence-electron chi connectivity index (χ2n) is 1.88.